The summed E-state index contributed by atoms with van der Waals surface area (Å²) in [5.74, 6) is 0. The highest BCUT2D eigenvalue weighted by molar-refractivity contribution is 5.82. The molecule has 0 aromatic heterocycles. The van der Waals surface area contributed by atoms with Crippen LogP contribution in [0.15, 0.2) is 127 Å². The number of benzene rings is 6. The molecule has 0 unspecified atom stereocenters. The van der Waals surface area contributed by atoms with Gasteiger partial charge >= 0.3 is 0 Å². The molecule has 0 fully saturated rings. The number of hydrogen-bond acceptors (Lipinski definition) is 1. The molecule has 0 amide bonds. The maximum absolute atomic E-state index is 3.70. The number of rotatable bonds is 18. The Morgan fingerprint density at radius 2 is 0.870 bits per heavy atom. The third-order valence-electron chi connectivity index (χ3n) is 11.1. The average Bonchev–Trinajstić information content (AvgIpc) is 3.20. The van der Waals surface area contributed by atoms with E-state index >= 15 is 0 Å². The molecule has 6 aromatic rings. The second-order valence-corrected chi connectivity index (χ2v) is 15.4. The fourth-order valence-electron chi connectivity index (χ4n) is 7.97. The summed E-state index contributed by atoms with van der Waals surface area (Å²) in [6, 6.07) is 47.8. The topological polar surface area (TPSA) is 12.0 Å². The first-order valence-electron chi connectivity index (χ1n) is 20.9. The molecular weight excluding hydrogens is 651 g/mol. The highest BCUT2D eigenvalue weighted by Crippen LogP contribution is 2.39. The molecule has 0 aliphatic rings. The summed E-state index contributed by atoms with van der Waals surface area (Å²) < 4.78 is 0. The monoisotopic (exact) mass is 711 g/mol. The SMILES string of the molecule is CCCCCCc1cc(-c2ccc(-c3ccccc3)cc2C)c(CCCCCC)cc1-c1ccc(Nc2ccc(-c3ccc(CCC)cc3)cc2)cc1C. The average molecular weight is 712 g/mol. The van der Waals surface area contributed by atoms with Crippen LogP contribution in [-0.2, 0) is 19.3 Å². The zero-order valence-electron chi connectivity index (χ0n) is 33.6. The molecule has 0 saturated heterocycles. The van der Waals surface area contributed by atoms with Crippen molar-refractivity contribution in [2.75, 3.05) is 5.32 Å². The third kappa shape index (κ3) is 10.00. The van der Waals surface area contributed by atoms with Crippen LogP contribution in [0.5, 0.6) is 0 Å². The van der Waals surface area contributed by atoms with Crippen molar-refractivity contribution in [1.82, 2.24) is 0 Å². The molecule has 0 aliphatic heterocycles. The fourth-order valence-corrected chi connectivity index (χ4v) is 7.97. The van der Waals surface area contributed by atoms with Crippen molar-refractivity contribution >= 4 is 11.4 Å². The Hall–Kier alpha value is -4.88. The second-order valence-electron chi connectivity index (χ2n) is 15.4. The molecule has 54 heavy (non-hydrogen) atoms. The molecule has 6 rings (SSSR count). The lowest BCUT2D eigenvalue weighted by molar-refractivity contribution is 0.664. The number of hydrogen-bond donors (Lipinski definition) is 1. The molecule has 0 atom stereocenters. The molecule has 0 saturated carbocycles. The largest absolute Gasteiger partial charge is 0.356 e. The zero-order chi connectivity index (χ0) is 37.7. The standard InChI is InChI=1S/C53H61N/c1-6-9-11-14-21-46-38-53(47(22-15-12-10-7-2)37-52(46)50-33-29-45(35-39(50)4)42-19-16-13-17-20-42)51-34-32-49(36-40(51)5)54-48-30-27-44(28-31-48)43-25-23-41(18-8-3)24-26-43/h13,16-17,19-20,23-38,54H,6-12,14-15,18,21-22H2,1-5H3. The molecule has 278 valence electrons. The van der Waals surface area contributed by atoms with Crippen molar-refractivity contribution in [3.8, 4) is 44.5 Å². The molecule has 0 radical (unpaired) electrons. The van der Waals surface area contributed by atoms with Gasteiger partial charge in [0.2, 0.25) is 0 Å². The Bertz CT molecular complexity index is 2070. The van der Waals surface area contributed by atoms with Crippen LogP contribution in [0.1, 0.15) is 106 Å². The van der Waals surface area contributed by atoms with Crippen LogP contribution in [0.3, 0.4) is 0 Å². The third-order valence-corrected chi connectivity index (χ3v) is 11.1. The molecule has 6 aromatic carbocycles. The minimum absolute atomic E-state index is 1.10. The number of unbranched alkanes of at least 4 members (excludes halogenated alkanes) is 6. The van der Waals surface area contributed by atoms with Crippen molar-refractivity contribution in [2.45, 2.75) is 112 Å². The van der Waals surface area contributed by atoms with Crippen molar-refractivity contribution < 1.29 is 0 Å². The van der Waals surface area contributed by atoms with E-state index < -0.39 is 0 Å². The first-order valence-corrected chi connectivity index (χ1v) is 20.9. The molecule has 0 spiro atoms. The van der Waals surface area contributed by atoms with E-state index in [-0.39, 0.29) is 0 Å². The summed E-state index contributed by atoms with van der Waals surface area (Å²) in [5.41, 5.74) is 19.9. The minimum atomic E-state index is 1.10. The molecule has 0 heterocycles. The van der Waals surface area contributed by atoms with Crippen LogP contribution >= 0.6 is 0 Å². The van der Waals surface area contributed by atoms with Gasteiger partial charge in [0.05, 0.1) is 0 Å². The fraction of sp³-hybridized carbons (Fsp3) is 0.321. The van der Waals surface area contributed by atoms with Gasteiger partial charge in [-0.1, -0.05) is 169 Å². The van der Waals surface area contributed by atoms with Crippen LogP contribution in [0, 0.1) is 13.8 Å². The van der Waals surface area contributed by atoms with Gasteiger partial charge in [-0.15, -0.1) is 0 Å². The Labute approximate surface area is 326 Å². The Morgan fingerprint density at radius 3 is 1.41 bits per heavy atom. The Morgan fingerprint density at radius 1 is 0.370 bits per heavy atom. The van der Waals surface area contributed by atoms with Crippen LogP contribution < -0.4 is 5.32 Å². The quantitative estimate of drug-likeness (QED) is 0.0875. The van der Waals surface area contributed by atoms with E-state index in [9.17, 15) is 0 Å². The van der Waals surface area contributed by atoms with Gasteiger partial charge in [-0.05, 0) is 143 Å². The predicted molar refractivity (Wildman–Crippen MR) is 237 cm³/mol. The maximum Gasteiger partial charge on any atom is 0.0387 e. The number of aryl methyl sites for hydroxylation is 5. The van der Waals surface area contributed by atoms with E-state index in [2.05, 4.69) is 167 Å². The van der Waals surface area contributed by atoms with E-state index in [1.807, 2.05) is 0 Å². The molecular formula is C53H61N. The molecule has 1 heteroatoms. The summed E-state index contributed by atoms with van der Waals surface area (Å²) in [5, 5.41) is 3.70. The van der Waals surface area contributed by atoms with E-state index in [0.717, 1.165) is 30.6 Å². The van der Waals surface area contributed by atoms with Crippen LogP contribution in [0.2, 0.25) is 0 Å². The number of nitrogens with one attached hydrogen (secondary N) is 1. The van der Waals surface area contributed by atoms with Crippen LogP contribution in [-0.4, -0.2) is 0 Å². The van der Waals surface area contributed by atoms with Gasteiger partial charge in [-0.2, -0.15) is 0 Å². The van der Waals surface area contributed by atoms with E-state index in [0.29, 0.717) is 0 Å². The van der Waals surface area contributed by atoms with Gasteiger partial charge in [0.1, 0.15) is 0 Å². The van der Waals surface area contributed by atoms with Crippen molar-refractivity contribution in [3.63, 3.8) is 0 Å². The summed E-state index contributed by atoms with van der Waals surface area (Å²) in [6.45, 7) is 11.4. The molecule has 0 aliphatic carbocycles. The van der Waals surface area contributed by atoms with Crippen molar-refractivity contribution in [3.05, 3.63) is 155 Å². The van der Waals surface area contributed by atoms with Gasteiger partial charge in [-0.3, -0.25) is 0 Å². The first-order chi connectivity index (χ1) is 26.5. The summed E-state index contributed by atoms with van der Waals surface area (Å²) >= 11 is 0. The van der Waals surface area contributed by atoms with E-state index in [1.54, 1.807) is 0 Å². The zero-order valence-corrected chi connectivity index (χ0v) is 33.6. The van der Waals surface area contributed by atoms with E-state index in [1.165, 1.54) is 130 Å². The van der Waals surface area contributed by atoms with E-state index in [4.69, 9.17) is 0 Å². The Kier molecular flexibility index (Phi) is 14.0. The highest BCUT2D eigenvalue weighted by Gasteiger charge is 2.17. The molecule has 0 bridgehead atoms. The van der Waals surface area contributed by atoms with Gasteiger partial charge in [-0.25, -0.2) is 0 Å². The summed E-state index contributed by atoms with van der Waals surface area (Å²) in [4.78, 5) is 0. The second kappa shape index (κ2) is 19.4. The minimum Gasteiger partial charge on any atom is -0.356 e. The maximum atomic E-state index is 3.70. The smallest absolute Gasteiger partial charge is 0.0387 e. The van der Waals surface area contributed by atoms with Gasteiger partial charge in [0.15, 0.2) is 0 Å². The lowest BCUT2D eigenvalue weighted by Gasteiger charge is -2.21. The van der Waals surface area contributed by atoms with Crippen LogP contribution in [0.4, 0.5) is 11.4 Å². The van der Waals surface area contributed by atoms with Gasteiger partial charge < -0.3 is 5.32 Å². The van der Waals surface area contributed by atoms with Gasteiger partial charge in [0.25, 0.3) is 0 Å². The molecule has 1 nitrogen and oxygen atoms in total. The number of anilines is 2. The van der Waals surface area contributed by atoms with Crippen molar-refractivity contribution in [2.24, 2.45) is 0 Å². The Balaban J connectivity index is 1.31. The van der Waals surface area contributed by atoms with Crippen LogP contribution in [0.25, 0.3) is 44.5 Å². The lowest BCUT2D eigenvalue weighted by Crippen LogP contribution is -2.01. The predicted octanol–water partition coefficient (Wildman–Crippen LogP) is 15.9. The van der Waals surface area contributed by atoms with Crippen molar-refractivity contribution in [1.29, 1.82) is 0 Å². The highest BCUT2D eigenvalue weighted by atomic mass is 14.9. The first kappa shape index (κ1) is 38.8. The summed E-state index contributed by atoms with van der Waals surface area (Å²) in [7, 11) is 0. The normalized spacial score (nSPS) is 11.2. The molecule has 1 N–H and O–H groups in total. The lowest BCUT2D eigenvalue weighted by atomic mass is 9.84. The van der Waals surface area contributed by atoms with Gasteiger partial charge in [0, 0.05) is 11.4 Å². The summed E-state index contributed by atoms with van der Waals surface area (Å²) in [6.07, 6.45) is 14.6.